The predicted molar refractivity (Wildman–Crippen MR) is 94.0 cm³/mol. The van der Waals surface area contributed by atoms with Crippen LogP contribution in [0.25, 0.3) is 10.2 Å². The molecule has 5 nitrogen and oxygen atoms in total. The van der Waals surface area contributed by atoms with E-state index >= 15 is 0 Å². The van der Waals surface area contributed by atoms with E-state index in [-0.39, 0.29) is 35.7 Å². The molecule has 2 heterocycles. The Morgan fingerprint density at radius 1 is 1.36 bits per heavy atom. The van der Waals surface area contributed by atoms with Crippen LogP contribution in [0.1, 0.15) is 23.7 Å². The molecule has 7 heteroatoms. The van der Waals surface area contributed by atoms with Crippen LogP contribution in [-0.2, 0) is 11.3 Å². The van der Waals surface area contributed by atoms with Gasteiger partial charge >= 0.3 is 0 Å². The van der Waals surface area contributed by atoms with Crippen LogP contribution in [0.3, 0.4) is 0 Å². The molecule has 0 saturated heterocycles. The Kier molecular flexibility index (Phi) is 3.88. The van der Waals surface area contributed by atoms with E-state index in [9.17, 15) is 14.0 Å². The average molecular weight is 357 g/mol. The van der Waals surface area contributed by atoms with E-state index in [0.29, 0.717) is 16.0 Å². The summed E-state index contributed by atoms with van der Waals surface area (Å²) in [6.45, 7) is 0.256. The number of fused-ring (bicyclic) bond motifs is 1. The van der Waals surface area contributed by atoms with Gasteiger partial charge in [-0.25, -0.2) is 9.37 Å². The molecule has 3 aromatic rings. The van der Waals surface area contributed by atoms with Crippen LogP contribution in [-0.4, -0.2) is 27.8 Å². The third-order valence-electron chi connectivity index (χ3n) is 4.53. The number of halogens is 1. The van der Waals surface area contributed by atoms with E-state index in [1.54, 1.807) is 30.1 Å². The van der Waals surface area contributed by atoms with Crippen LogP contribution in [0, 0.1) is 11.7 Å². The molecule has 1 aromatic carbocycles. The Morgan fingerprint density at radius 3 is 2.88 bits per heavy atom. The predicted octanol–water partition coefficient (Wildman–Crippen LogP) is 2.89. The lowest BCUT2D eigenvalue weighted by Crippen LogP contribution is -2.29. The maximum absolute atomic E-state index is 13.0. The lowest BCUT2D eigenvalue weighted by Gasteiger charge is -2.16. The Hall–Kier alpha value is -2.54. The molecule has 2 unspecified atom stereocenters. The lowest BCUT2D eigenvalue weighted by atomic mass is 10.1. The van der Waals surface area contributed by atoms with Gasteiger partial charge in [-0.05, 0) is 41.5 Å². The molecule has 1 aliphatic rings. The van der Waals surface area contributed by atoms with E-state index in [0.717, 1.165) is 12.0 Å². The monoisotopic (exact) mass is 357 g/mol. The van der Waals surface area contributed by atoms with Crippen LogP contribution >= 0.6 is 11.3 Å². The fourth-order valence-corrected chi connectivity index (χ4v) is 3.85. The molecule has 2 atom stereocenters. The van der Waals surface area contributed by atoms with Gasteiger partial charge in [0.1, 0.15) is 16.3 Å². The topological polar surface area (TPSA) is 66.1 Å². The maximum atomic E-state index is 13.0. The number of aromatic amines is 1. The van der Waals surface area contributed by atoms with Crippen molar-refractivity contribution in [3.05, 3.63) is 63.3 Å². The number of benzene rings is 1. The minimum atomic E-state index is -0.275. The number of carbonyl (C=O) groups is 1. The molecule has 0 bridgehead atoms. The molecule has 1 amide bonds. The van der Waals surface area contributed by atoms with Crippen molar-refractivity contribution in [1.29, 1.82) is 0 Å². The Bertz CT molecular complexity index is 995. The van der Waals surface area contributed by atoms with Gasteiger partial charge in [0.2, 0.25) is 5.91 Å². The first kappa shape index (κ1) is 16.0. The molecule has 25 heavy (non-hydrogen) atoms. The van der Waals surface area contributed by atoms with Gasteiger partial charge in [0, 0.05) is 13.0 Å². The fourth-order valence-electron chi connectivity index (χ4n) is 3.13. The molecule has 0 spiro atoms. The smallest absolute Gasteiger partial charge is 0.268 e. The number of hydrogen-bond donors (Lipinski definition) is 1. The zero-order chi connectivity index (χ0) is 17.6. The SMILES string of the molecule is CN(Cc1nc2ccsc2c(=O)[nH]1)C(=O)C1CC1c1ccc(F)cc1. The molecule has 1 aliphatic carbocycles. The van der Waals surface area contributed by atoms with Crippen LogP contribution in [0.5, 0.6) is 0 Å². The number of nitrogens with zero attached hydrogens (tertiary/aromatic N) is 2. The van der Waals surface area contributed by atoms with Crippen LogP contribution in [0.15, 0.2) is 40.5 Å². The highest BCUT2D eigenvalue weighted by atomic mass is 32.1. The molecule has 2 aromatic heterocycles. The van der Waals surface area contributed by atoms with Gasteiger partial charge in [-0.3, -0.25) is 9.59 Å². The fraction of sp³-hybridized carbons (Fsp3) is 0.278. The van der Waals surface area contributed by atoms with Gasteiger partial charge in [-0.1, -0.05) is 12.1 Å². The zero-order valence-corrected chi connectivity index (χ0v) is 14.3. The Labute approximate surface area is 147 Å². The third kappa shape index (κ3) is 3.07. The quantitative estimate of drug-likeness (QED) is 0.781. The summed E-state index contributed by atoms with van der Waals surface area (Å²) in [5.74, 6) is 0.269. The van der Waals surface area contributed by atoms with Crippen LogP contribution in [0.4, 0.5) is 4.39 Å². The van der Waals surface area contributed by atoms with Crippen molar-refractivity contribution < 1.29 is 9.18 Å². The summed E-state index contributed by atoms with van der Waals surface area (Å²) in [5.41, 5.74) is 1.46. The van der Waals surface area contributed by atoms with Crippen LogP contribution < -0.4 is 5.56 Å². The molecule has 1 N–H and O–H groups in total. The minimum absolute atomic E-state index is 0.0161. The van der Waals surface area contributed by atoms with Crippen molar-refractivity contribution in [1.82, 2.24) is 14.9 Å². The van der Waals surface area contributed by atoms with E-state index < -0.39 is 0 Å². The molecule has 128 valence electrons. The van der Waals surface area contributed by atoms with Gasteiger partial charge in [-0.15, -0.1) is 11.3 Å². The van der Waals surface area contributed by atoms with Gasteiger partial charge < -0.3 is 9.88 Å². The van der Waals surface area contributed by atoms with Crippen LogP contribution in [0.2, 0.25) is 0 Å². The first-order chi connectivity index (χ1) is 12.0. The van der Waals surface area contributed by atoms with Crippen molar-refractivity contribution >= 4 is 27.5 Å². The second-order valence-electron chi connectivity index (χ2n) is 6.34. The average Bonchev–Trinajstić information content (AvgIpc) is 3.24. The minimum Gasteiger partial charge on any atom is -0.338 e. The highest BCUT2D eigenvalue weighted by Gasteiger charge is 2.45. The highest BCUT2D eigenvalue weighted by molar-refractivity contribution is 7.17. The summed E-state index contributed by atoms with van der Waals surface area (Å²) in [7, 11) is 1.71. The van der Waals surface area contributed by atoms with Crippen molar-refractivity contribution in [3.63, 3.8) is 0 Å². The number of H-pyrrole nitrogens is 1. The summed E-state index contributed by atoms with van der Waals surface area (Å²) in [6, 6.07) is 8.10. The number of amides is 1. The van der Waals surface area contributed by atoms with Crippen molar-refractivity contribution in [2.24, 2.45) is 5.92 Å². The second-order valence-corrected chi connectivity index (χ2v) is 7.26. The number of thiophene rings is 1. The molecular formula is C18H16FN3O2S. The van der Waals surface area contributed by atoms with E-state index in [1.165, 1.54) is 23.5 Å². The van der Waals surface area contributed by atoms with Gasteiger partial charge in [0.25, 0.3) is 5.56 Å². The maximum Gasteiger partial charge on any atom is 0.268 e. The molecule has 4 rings (SSSR count). The van der Waals surface area contributed by atoms with E-state index in [2.05, 4.69) is 9.97 Å². The summed E-state index contributed by atoms with van der Waals surface area (Å²) in [6.07, 6.45) is 0.766. The number of nitrogens with one attached hydrogen (secondary N) is 1. The first-order valence-electron chi connectivity index (χ1n) is 8.00. The number of rotatable bonds is 4. The summed E-state index contributed by atoms with van der Waals surface area (Å²) in [5, 5.41) is 1.82. The summed E-state index contributed by atoms with van der Waals surface area (Å²) in [4.78, 5) is 33.3. The van der Waals surface area contributed by atoms with Gasteiger partial charge in [-0.2, -0.15) is 0 Å². The van der Waals surface area contributed by atoms with Gasteiger partial charge in [0.05, 0.1) is 12.1 Å². The van der Waals surface area contributed by atoms with Crippen molar-refractivity contribution in [2.45, 2.75) is 18.9 Å². The summed E-state index contributed by atoms with van der Waals surface area (Å²) >= 11 is 1.35. The highest BCUT2D eigenvalue weighted by Crippen LogP contribution is 2.48. The second kappa shape index (κ2) is 6.07. The van der Waals surface area contributed by atoms with E-state index in [4.69, 9.17) is 0 Å². The normalized spacial score (nSPS) is 19.1. The molecule has 1 saturated carbocycles. The Morgan fingerprint density at radius 2 is 2.12 bits per heavy atom. The summed E-state index contributed by atoms with van der Waals surface area (Å²) < 4.78 is 13.6. The third-order valence-corrected chi connectivity index (χ3v) is 5.44. The van der Waals surface area contributed by atoms with Crippen molar-refractivity contribution in [3.8, 4) is 0 Å². The molecule has 0 aliphatic heterocycles. The number of carbonyl (C=O) groups excluding carboxylic acids is 1. The van der Waals surface area contributed by atoms with Crippen molar-refractivity contribution in [2.75, 3.05) is 7.05 Å². The number of hydrogen-bond acceptors (Lipinski definition) is 4. The Balaban J connectivity index is 1.45. The zero-order valence-electron chi connectivity index (χ0n) is 13.5. The first-order valence-corrected chi connectivity index (χ1v) is 8.88. The molecular weight excluding hydrogens is 341 g/mol. The standard InChI is InChI=1S/C18H16FN3O2S/c1-22(9-15-20-14-6-7-25-16(14)17(23)21-15)18(24)13-8-12(13)10-2-4-11(19)5-3-10/h2-7,12-13H,8-9H2,1H3,(H,20,21,23). The molecule has 0 radical (unpaired) electrons. The number of aromatic nitrogens is 2. The largest absolute Gasteiger partial charge is 0.338 e. The lowest BCUT2D eigenvalue weighted by molar-refractivity contribution is -0.132. The van der Waals surface area contributed by atoms with Gasteiger partial charge in [0.15, 0.2) is 0 Å². The molecule has 1 fully saturated rings. The van der Waals surface area contributed by atoms with E-state index in [1.807, 2.05) is 5.38 Å².